The molecule has 0 spiro atoms. The topological polar surface area (TPSA) is 85.3 Å². The van der Waals surface area contributed by atoms with Gasteiger partial charge in [0.25, 0.3) is 11.7 Å². The number of nitrogens with zero attached hydrogens (tertiary/aromatic N) is 1. The van der Waals surface area contributed by atoms with Crippen molar-refractivity contribution in [3.8, 4) is 17.2 Å². The summed E-state index contributed by atoms with van der Waals surface area (Å²) in [6.45, 7) is 6.82. The number of likely N-dealkylation sites (tertiary alicyclic amines) is 1. The van der Waals surface area contributed by atoms with E-state index in [1.54, 1.807) is 43.5 Å². The van der Waals surface area contributed by atoms with Crippen LogP contribution in [0.2, 0.25) is 0 Å². The van der Waals surface area contributed by atoms with Crippen LogP contribution in [0.1, 0.15) is 42.1 Å². The Balaban J connectivity index is 1.84. The molecule has 1 N–H and O–H groups in total. The van der Waals surface area contributed by atoms with Gasteiger partial charge in [0.2, 0.25) is 0 Å². The summed E-state index contributed by atoms with van der Waals surface area (Å²) >= 11 is 0. The minimum atomic E-state index is -0.799. The molecule has 192 valence electrons. The van der Waals surface area contributed by atoms with E-state index in [0.717, 1.165) is 11.1 Å². The molecule has 1 saturated heterocycles. The zero-order chi connectivity index (χ0) is 26.5. The normalized spacial score (nSPS) is 16.6. The molecule has 7 nitrogen and oxygen atoms in total. The summed E-state index contributed by atoms with van der Waals surface area (Å²) in [6.07, 6.45) is 0. The van der Waals surface area contributed by atoms with Crippen LogP contribution in [0.25, 0.3) is 5.76 Å². The molecule has 1 aliphatic heterocycles. The van der Waals surface area contributed by atoms with Gasteiger partial charge in [-0.25, -0.2) is 0 Å². The quantitative estimate of drug-likeness (QED) is 0.239. The minimum Gasteiger partial charge on any atom is -0.507 e. The summed E-state index contributed by atoms with van der Waals surface area (Å²) < 4.78 is 16.7. The molecule has 3 aromatic carbocycles. The van der Waals surface area contributed by atoms with Crippen LogP contribution < -0.4 is 14.2 Å². The number of hydrogen-bond donors (Lipinski definition) is 1. The van der Waals surface area contributed by atoms with Gasteiger partial charge in [0.15, 0.2) is 0 Å². The highest BCUT2D eigenvalue weighted by atomic mass is 16.5. The summed E-state index contributed by atoms with van der Waals surface area (Å²) in [4.78, 5) is 28.2. The Morgan fingerprint density at radius 3 is 2.27 bits per heavy atom. The van der Waals surface area contributed by atoms with E-state index < -0.39 is 17.7 Å². The third-order valence-electron chi connectivity index (χ3n) is 6.33. The van der Waals surface area contributed by atoms with Crippen molar-refractivity contribution in [2.75, 3.05) is 20.3 Å². The van der Waals surface area contributed by atoms with Gasteiger partial charge in [-0.05, 0) is 68.3 Å². The van der Waals surface area contributed by atoms with Crippen molar-refractivity contribution in [2.45, 2.75) is 33.4 Å². The summed E-state index contributed by atoms with van der Waals surface area (Å²) in [5.41, 5.74) is 2.72. The highest BCUT2D eigenvalue weighted by Gasteiger charge is 2.46. The van der Waals surface area contributed by atoms with Gasteiger partial charge in [-0.3, -0.25) is 9.59 Å². The fourth-order valence-corrected chi connectivity index (χ4v) is 4.59. The van der Waals surface area contributed by atoms with Crippen molar-refractivity contribution in [2.24, 2.45) is 0 Å². The summed E-state index contributed by atoms with van der Waals surface area (Å²) in [5, 5.41) is 11.4. The fourth-order valence-electron chi connectivity index (χ4n) is 4.59. The smallest absolute Gasteiger partial charge is 0.295 e. The first-order valence-corrected chi connectivity index (χ1v) is 12.3. The molecule has 1 atom stereocenters. The first-order chi connectivity index (χ1) is 17.9. The molecule has 0 aromatic heterocycles. The monoisotopic (exact) mass is 501 g/mol. The lowest BCUT2D eigenvalue weighted by atomic mass is 9.94. The molecule has 4 rings (SSSR count). The molecule has 1 heterocycles. The van der Waals surface area contributed by atoms with Crippen LogP contribution >= 0.6 is 0 Å². The van der Waals surface area contributed by atoms with Crippen LogP contribution in [-0.2, 0) is 16.1 Å². The maximum absolute atomic E-state index is 13.4. The van der Waals surface area contributed by atoms with Crippen LogP contribution in [0.5, 0.6) is 17.2 Å². The van der Waals surface area contributed by atoms with Gasteiger partial charge in [0.05, 0.1) is 38.5 Å². The number of rotatable bonds is 9. The molecule has 3 aromatic rings. The lowest BCUT2D eigenvalue weighted by molar-refractivity contribution is -0.140. The molecule has 37 heavy (non-hydrogen) atoms. The number of carbonyl (C=O) groups is 2. The van der Waals surface area contributed by atoms with Crippen molar-refractivity contribution in [1.82, 2.24) is 4.90 Å². The maximum atomic E-state index is 13.4. The summed E-state index contributed by atoms with van der Waals surface area (Å²) in [5.74, 6) is 0.323. The molecule has 0 aliphatic carbocycles. The van der Waals surface area contributed by atoms with E-state index in [-0.39, 0.29) is 17.9 Å². The average Bonchev–Trinajstić information content (AvgIpc) is 3.15. The minimum absolute atomic E-state index is 0.0348. The van der Waals surface area contributed by atoms with Crippen molar-refractivity contribution >= 4 is 17.4 Å². The number of aryl methyl sites for hydroxylation is 1. The van der Waals surface area contributed by atoms with Crippen molar-refractivity contribution in [3.63, 3.8) is 0 Å². The fraction of sp³-hybridized carbons (Fsp3) is 0.267. The first kappa shape index (κ1) is 25.8. The van der Waals surface area contributed by atoms with E-state index in [2.05, 4.69) is 0 Å². The Kier molecular flexibility index (Phi) is 7.82. The molecule has 1 amide bonds. The zero-order valence-electron chi connectivity index (χ0n) is 21.5. The molecule has 0 saturated carbocycles. The van der Waals surface area contributed by atoms with E-state index in [1.165, 1.54) is 4.90 Å². The van der Waals surface area contributed by atoms with Crippen LogP contribution in [-0.4, -0.2) is 42.0 Å². The number of carbonyl (C=O) groups excluding carboxylic acids is 2. The standard InChI is InChI=1S/C30H31NO6/c1-5-36-23-14-11-20(12-15-23)27-26(28(32)21-13-16-24(37-6-2)19(3)17-21)29(33)30(34)31(27)18-22-9-7-8-10-25(22)35-4/h7-17,27,32H,5-6,18H2,1-4H3/b28-26-. The predicted octanol–water partition coefficient (Wildman–Crippen LogP) is 5.42. The molecule has 7 heteroatoms. The van der Waals surface area contributed by atoms with E-state index in [9.17, 15) is 14.7 Å². The number of amides is 1. The lowest BCUT2D eigenvalue weighted by Gasteiger charge is -2.26. The molecular formula is C30H31NO6. The highest BCUT2D eigenvalue weighted by molar-refractivity contribution is 6.46. The van der Waals surface area contributed by atoms with Gasteiger partial charge in [0, 0.05) is 11.1 Å². The summed E-state index contributed by atoms with van der Waals surface area (Å²) in [7, 11) is 1.56. The van der Waals surface area contributed by atoms with Gasteiger partial charge >= 0.3 is 0 Å². The zero-order valence-corrected chi connectivity index (χ0v) is 21.5. The lowest BCUT2D eigenvalue weighted by Crippen LogP contribution is -2.29. The third-order valence-corrected chi connectivity index (χ3v) is 6.33. The first-order valence-electron chi connectivity index (χ1n) is 12.3. The number of ketones is 1. The van der Waals surface area contributed by atoms with Crippen molar-refractivity contribution in [1.29, 1.82) is 0 Å². The SMILES string of the molecule is CCOc1ccc(C2/C(=C(/O)c3ccc(OCC)c(C)c3)C(=O)C(=O)N2Cc2ccccc2OC)cc1. The Bertz CT molecular complexity index is 1330. The summed E-state index contributed by atoms with van der Waals surface area (Å²) in [6, 6.07) is 19.0. The van der Waals surface area contributed by atoms with E-state index in [1.807, 2.05) is 51.1 Å². The Hall–Kier alpha value is -4.26. The number of aliphatic hydroxyl groups is 1. The number of benzene rings is 3. The van der Waals surface area contributed by atoms with Crippen LogP contribution in [0.3, 0.4) is 0 Å². The van der Waals surface area contributed by atoms with Gasteiger partial charge in [-0.2, -0.15) is 0 Å². The number of para-hydroxylation sites is 1. The number of methoxy groups -OCH3 is 1. The van der Waals surface area contributed by atoms with E-state index in [0.29, 0.717) is 41.6 Å². The van der Waals surface area contributed by atoms with Crippen LogP contribution in [0.15, 0.2) is 72.3 Å². The second kappa shape index (κ2) is 11.2. The van der Waals surface area contributed by atoms with Crippen molar-refractivity contribution < 1.29 is 28.9 Å². The number of ether oxygens (including phenoxy) is 3. The second-order valence-electron chi connectivity index (χ2n) is 8.65. The van der Waals surface area contributed by atoms with Gasteiger partial charge in [0.1, 0.15) is 23.0 Å². The molecular weight excluding hydrogens is 470 g/mol. The van der Waals surface area contributed by atoms with E-state index in [4.69, 9.17) is 14.2 Å². The Labute approximate surface area is 216 Å². The van der Waals surface area contributed by atoms with Gasteiger partial charge in [-0.1, -0.05) is 30.3 Å². The molecule has 1 aliphatic rings. The highest BCUT2D eigenvalue weighted by Crippen LogP contribution is 2.41. The largest absolute Gasteiger partial charge is 0.507 e. The maximum Gasteiger partial charge on any atom is 0.295 e. The Morgan fingerprint density at radius 1 is 0.919 bits per heavy atom. The van der Waals surface area contributed by atoms with Gasteiger partial charge in [-0.15, -0.1) is 0 Å². The van der Waals surface area contributed by atoms with Crippen molar-refractivity contribution in [3.05, 3.63) is 94.6 Å². The molecule has 1 unspecified atom stereocenters. The predicted molar refractivity (Wildman–Crippen MR) is 141 cm³/mol. The number of aliphatic hydroxyl groups excluding tert-OH is 1. The van der Waals surface area contributed by atoms with Crippen LogP contribution in [0, 0.1) is 6.92 Å². The number of Topliss-reactive ketones (excluding diaryl/α,β-unsaturated/α-hetero) is 1. The second-order valence-corrected chi connectivity index (χ2v) is 8.65. The Morgan fingerprint density at radius 2 is 1.62 bits per heavy atom. The number of hydrogen-bond acceptors (Lipinski definition) is 6. The molecule has 0 radical (unpaired) electrons. The third kappa shape index (κ3) is 5.16. The van der Waals surface area contributed by atoms with Gasteiger partial charge < -0.3 is 24.2 Å². The van der Waals surface area contributed by atoms with E-state index >= 15 is 0 Å². The molecule has 1 fully saturated rings. The average molecular weight is 502 g/mol. The molecule has 0 bridgehead atoms. The van der Waals surface area contributed by atoms with Crippen LogP contribution in [0.4, 0.5) is 0 Å².